The molecule has 0 unspecified atom stereocenters. The molecule has 0 aromatic rings. The highest BCUT2D eigenvalue weighted by molar-refractivity contribution is 6.69. The third-order valence-electron chi connectivity index (χ3n) is 5.21. The van der Waals surface area contributed by atoms with Crippen LogP contribution in [0.3, 0.4) is 0 Å². The van der Waals surface area contributed by atoms with Gasteiger partial charge in [0.15, 0.2) is 8.32 Å². The molecule has 0 rings (SSSR count). The summed E-state index contributed by atoms with van der Waals surface area (Å²) in [5.41, 5.74) is 0. The van der Waals surface area contributed by atoms with Gasteiger partial charge in [0.2, 0.25) is 0 Å². The highest BCUT2D eigenvalue weighted by Gasteiger charge is 2.13. The highest BCUT2D eigenvalue weighted by atomic mass is 28.4. The zero-order chi connectivity index (χ0) is 30.8. The molecular formula is C29H60O12Si. The summed E-state index contributed by atoms with van der Waals surface area (Å²) in [6.07, 6.45) is 3.50. The maximum Gasteiger partial charge on any atom is 0.305 e. The van der Waals surface area contributed by atoms with Gasteiger partial charge in [0.05, 0.1) is 126 Å². The van der Waals surface area contributed by atoms with E-state index in [1.165, 1.54) is 0 Å². The van der Waals surface area contributed by atoms with Crippen molar-refractivity contribution >= 4 is 14.3 Å². The van der Waals surface area contributed by atoms with Gasteiger partial charge in [-0.1, -0.05) is 19.8 Å². The fraction of sp³-hybridized carbons (Fsp3) is 0.966. The lowest BCUT2D eigenvalue weighted by Crippen LogP contribution is -2.27. The molecule has 0 aliphatic carbocycles. The summed E-state index contributed by atoms with van der Waals surface area (Å²) < 4.78 is 59.9. The van der Waals surface area contributed by atoms with Crippen LogP contribution in [0.4, 0.5) is 0 Å². The third kappa shape index (κ3) is 37.3. The maximum atomic E-state index is 11.4. The first-order valence-corrected chi connectivity index (χ1v) is 18.9. The van der Waals surface area contributed by atoms with Crippen LogP contribution in [0.2, 0.25) is 19.6 Å². The second-order valence-electron chi connectivity index (χ2n) is 10.1. The quantitative estimate of drug-likeness (QED) is 0.0583. The Bertz CT molecular complexity index is 551. The number of carbonyl (C=O) groups is 1. The van der Waals surface area contributed by atoms with Gasteiger partial charge >= 0.3 is 5.97 Å². The minimum atomic E-state index is -1.45. The van der Waals surface area contributed by atoms with Crippen molar-refractivity contribution in [3.05, 3.63) is 0 Å². The number of hydrogen-bond acceptors (Lipinski definition) is 12. The molecule has 0 amide bonds. The average molecular weight is 629 g/mol. The largest absolute Gasteiger partial charge is 0.463 e. The molecule has 0 heterocycles. The van der Waals surface area contributed by atoms with E-state index in [1.807, 2.05) is 0 Å². The molecule has 13 heteroatoms. The van der Waals surface area contributed by atoms with Crippen LogP contribution in [-0.2, 0) is 56.6 Å². The van der Waals surface area contributed by atoms with Crippen molar-refractivity contribution in [2.75, 3.05) is 132 Å². The molecule has 42 heavy (non-hydrogen) atoms. The Hall–Kier alpha value is -0.713. The van der Waals surface area contributed by atoms with E-state index >= 15 is 0 Å². The van der Waals surface area contributed by atoms with Gasteiger partial charge in [0, 0.05) is 6.42 Å². The Morgan fingerprint density at radius 2 is 0.714 bits per heavy atom. The van der Waals surface area contributed by atoms with Crippen molar-refractivity contribution in [1.82, 2.24) is 0 Å². The molecule has 0 N–H and O–H groups in total. The second kappa shape index (κ2) is 33.2. The van der Waals surface area contributed by atoms with Gasteiger partial charge in [0.25, 0.3) is 0 Å². The van der Waals surface area contributed by atoms with Crippen LogP contribution in [0, 0.1) is 0 Å². The van der Waals surface area contributed by atoms with Gasteiger partial charge in [-0.2, -0.15) is 0 Å². The smallest absolute Gasteiger partial charge is 0.305 e. The van der Waals surface area contributed by atoms with Gasteiger partial charge in [-0.15, -0.1) is 0 Å². The van der Waals surface area contributed by atoms with E-state index < -0.39 is 8.32 Å². The minimum absolute atomic E-state index is 0.157. The molecule has 0 aliphatic rings. The predicted molar refractivity (Wildman–Crippen MR) is 162 cm³/mol. The van der Waals surface area contributed by atoms with Gasteiger partial charge in [-0.05, 0) is 26.1 Å². The van der Waals surface area contributed by atoms with E-state index in [9.17, 15) is 4.79 Å². The van der Waals surface area contributed by atoms with Crippen LogP contribution in [0.5, 0.6) is 0 Å². The standard InChI is InChI=1S/C29H60O12Si/c1-5-6-7-8-29(30)40-27-25-38-23-21-36-19-17-34-15-13-32-11-9-31-10-12-33-14-16-35-18-20-37-22-24-39-26-28-41-42(2,3)4/h5-28H2,1-4H3. The number of ether oxygens (including phenoxy) is 10. The van der Waals surface area contributed by atoms with E-state index in [2.05, 4.69) is 26.6 Å². The molecule has 0 spiro atoms. The van der Waals surface area contributed by atoms with E-state index in [4.69, 9.17) is 51.8 Å². The molecular weight excluding hydrogens is 568 g/mol. The van der Waals surface area contributed by atoms with E-state index in [0.717, 1.165) is 19.3 Å². The summed E-state index contributed by atoms with van der Waals surface area (Å²) in [6, 6.07) is 0. The molecule has 0 saturated carbocycles. The summed E-state index contributed by atoms with van der Waals surface area (Å²) in [5.74, 6) is -0.157. The molecule has 0 atom stereocenters. The Kier molecular flexibility index (Phi) is 32.6. The van der Waals surface area contributed by atoms with Crippen molar-refractivity contribution in [1.29, 1.82) is 0 Å². The SMILES string of the molecule is CCCCCC(=O)OCCOCCOCCOCCOCCOCCOCCOCCOCCOCCO[Si](C)(C)C. The molecule has 252 valence electrons. The van der Waals surface area contributed by atoms with Gasteiger partial charge in [-0.25, -0.2) is 0 Å². The molecule has 0 bridgehead atoms. The summed E-state index contributed by atoms with van der Waals surface area (Å²) in [5, 5.41) is 0. The lowest BCUT2D eigenvalue weighted by atomic mass is 10.2. The van der Waals surface area contributed by atoms with Crippen LogP contribution in [0.15, 0.2) is 0 Å². The summed E-state index contributed by atoms with van der Waals surface area (Å²) in [7, 11) is -1.45. The van der Waals surface area contributed by atoms with Gasteiger partial charge in [-0.3, -0.25) is 4.79 Å². The summed E-state index contributed by atoms with van der Waals surface area (Å²) in [4.78, 5) is 11.4. The normalized spacial score (nSPS) is 11.8. The fourth-order valence-electron chi connectivity index (χ4n) is 3.07. The van der Waals surface area contributed by atoms with Crippen molar-refractivity contribution in [2.45, 2.75) is 52.2 Å². The van der Waals surface area contributed by atoms with Crippen LogP contribution in [-0.4, -0.2) is 146 Å². The number of carbonyl (C=O) groups excluding carboxylic acids is 1. The lowest BCUT2D eigenvalue weighted by molar-refractivity contribution is -0.145. The minimum Gasteiger partial charge on any atom is -0.463 e. The summed E-state index contributed by atoms with van der Waals surface area (Å²) in [6.45, 7) is 18.7. The van der Waals surface area contributed by atoms with Crippen LogP contribution in [0.25, 0.3) is 0 Å². The molecule has 0 aromatic carbocycles. The van der Waals surface area contributed by atoms with E-state index in [-0.39, 0.29) is 12.6 Å². The Morgan fingerprint density at radius 3 is 1.00 bits per heavy atom. The van der Waals surface area contributed by atoms with Crippen LogP contribution < -0.4 is 0 Å². The molecule has 0 aliphatic heterocycles. The average Bonchev–Trinajstić information content (AvgIpc) is 2.95. The number of esters is 1. The fourth-order valence-corrected chi connectivity index (χ4v) is 3.77. The maximum absolute atomic E-state index is 11.4. The van der Waals surface area contributed by atoms with Crippen LogP contribution in [0.1, 0.15) is 32.6 Å². The first-order chi connectivity index (χ1) is 20.5. The number of hydrogen-bond donors (Lipinski definition) is 0. The molecule has 0 saturated heterocycles. The van der Waals surface area contributed by atoms with E-state index in [1.54, 1.807) is 0 Å². The predicted octanol–water partition coefficient (Wildman–Crippen LogP) is 3.11. The molecule has 12 nitrogen and oxygen atoms in total. The van der Waals surface area contributed by atoms with Gasteiger partial charge < -0.3 is 51.8 Å². The van der Waals surface area contributed by atoms with Crippen LogP contribution >= 0.6 is 0 Å². The molecule has 0 fully saturated rings. The Morgan fingerprint density at radius 1 is 0.429 bits per heavy atom. The monoisotopic (exact) mass is 628 g/mol. The van der Waals surface area contributed by atoms with Gasteiger partial charge in [0.1, 0.15) is 6.61 Å². The number of rotatable bonds is 35. The van der Waals surface area contributed by atoms with Crippen molar-refractivity contribution < 1.29 is 56.6 Å². The first-order valence-electron chi connectivity index (χ1n) is 15.4. The van der Waals surface area contributed by atoms with Crippen molar-refractivity contribution in [3.63, 3.8) is 0 Å². The molecule has 0 radical (unpaired) electrons. The van der Waals surface area contributed by atoms with Crippen molar-refractivity contribution in [3.8, 4) is 0 Å². The lowest BCUT2D eigenvalue weighted by Gasteiger charge is -2.16. The molecule has 0 aromatic heterocycles. The zero-order valence-electron chi connectivity index (χ0n) is 26.9. The first kappa shape index (κ1) is 41.3. The Balaban J connectivity index is 3.09. The third-order valence-corrected chi connectivity index (χ3v) is 6.28. The van der Waals surface area contributed by atoms with Crippen molar-refractivity contribution in [2.24, 2.45) is 0 Å². The van der Waals surface area contributed by atoms with E-state index in [0.29, 0.717) is 132 Å². The second-order valence-corrected chi connectivity index (χ2v) is 14.7. The zero-order valence-corrected chi connectivity index (χ0v) is 27.9. The highest BCUT2D eigenvalue weighted by Crippen LogP contribution is 2.01. The topological polar surface area (TPSA) is 119 Å². The summed E-state index contributed by atoms with van der Waals surface area (Å²) >= 11 is 0. The Labute approximate surface area is 255 Å². The number of unbranched alkanes of at least 4 members (excludes halogenated alkanes) is 2.